The Morgan fingerprint density at radius 2 is 2.33 bits per heavy atom. The Bertz CT molecular complexity index is 149. The van der Waals surface area contributed by atoms with Crippen molar-refractivity contribution in [2.45, 2.75) is 0 Å². The van der Waals surface area contributed by atoms with E-state index >= 15 is 0 Å². The molecule has 0 amide bonds. The van der Waals surface area contributed by atoms with Crippen LogP contribution < -0.4 is 5.73 Å². The Morgan fingerprint density at radius 1 is 1.78 bits per heavy atom. The molecule has 0 saturated carbocycles. The van der Waals surface area contributed by atoms with E-state index in [1.807, 2.05) is 6.26 Å². The van der Waals surface area contributed by atoms with E-state index in [4.69, 9.17) is 11.1 Å². The highest BCUT2D eigenvalue weighted by atomic mass is 32.2. The van der Waals surface area contributed by atoms with Crippen molar-refractivity contribution in [1.29, 1.82) is 5.41 Å². The lowest BCUT2D eigenvalue weighted by atomic mass is 10.3. The van der Waals surface area contributed by atoms with Gasteiger partial charge in [0.25, 0.3) is 0 Å². The summed E-state index contributed by atoms with van der Waals surface area (Å²) in [6.45, 7) is 3.50. The SMILES string of the molecule is C=C/C(=C\SC)C(=N)N. The number of rotatable bonds is 3. The zero-order chi connectivity index (χ0) is 7.28. The number of hydrogen-bond acceptors (Lipinski definition) is 2. The van der Waals surface area contributed by atoms with E-state index in [1.165, 1.54) is 11.8 Å². The lowest BCUT2D eigenvalue weighted by molar-refractivity contribution is 1.44. The van der Waals surface area contributed by atoms with Crippen molar-refractivity contribution in [3.05, 3.63) is 23.6 Å². The van der Waals surface area contributed by atoms with Crippen LogP contribution in [-0.4, -0.2) is 12.1 Å². The molecule has 0 spiro atoms. The van der Waals surface area contributed by atoms with Gasteiger partial charge in [0.1, 0.15) is 5.84 Å². The molecule has 0 bridgehead atoms. The van der Waals surface area contributed by atoms with Gasteiger partial charge >= 0.3 is 0 Å². The van der Waals surface area contributed by atoms with Crippen molar-refractivity contribution < 1.29 is 0 Å². The Hall–Kier alpha value is -0.700. The fraction of sp³-hybridized carbons (Fsp3) is 0.167. The molecule has 0 fully saturated rings. The van der Waals surface area contributed by atoms with Crippen LogP contribution in [0.2, 0.25) is 0 Å². The Morgan fingerprint density at radius 3 is 2.44 bits per heavy atom. The summed E-state index contributed by atoms with van der Waals surface area (Å²) in [5, 5.41) is 8.77. The maximum Gasteiger partial charge on any atom is 0.123 e. The molecule has 3 N–H and O–H groups in total. The zero-order valence-corrected chi connectivity index (χ0v) is 6.16. The van der Waals surface area contributed by atoms with Gasteiger partial charge in [0.05, 0.1) is 0 Å². The van der Waals surface area contributed by atoms with Crippen LogP contribution >= 0.6 is 11.8 Å². The summed E-state index contributed by atoms with van der Waals surface area (Å²) in [5.41, 5.74) is 5.85. The molecule has 0 aromatic carbocycles. The van der Waals surface area contributed by atoms with Crippen LogP contribution in [0.5, 0.6) is 0 Å². The number of hydrogen-bond donors (Lipinski definition) is 2. The summed E-state index contributed by atoms with van der Waals surface area (Å²) in [5.74, 6) is 0.0688. The molecule has 0 aliphatic heterocycles. The molecule has 0 aromatic rings. The Balaban J connectivity index is 4.14. The van der Waals surface area contributed by atoms with Crippen LogP contribution in [0, 0.1) is 5.41 Å². The summed E-state index contributed by atoms with van der Waals surface area (Å²) in [4.78, 5) is 0. The minimum atomic E-state index is 0.0688. The molecular weight excluding hydrogens is 132 g/mol. The highest BCUT2D eigenvalue weighted by molar-refractivity contribution is 8.01. The molecule has 0 aliphatic carbocycles. The van der Waals surface area contributed by atoms with Gasteiger partial charge in [0.2, 0.25) is 0 Å². The molecule has 0 rings (SSSR count). The zero-order valence-electron chi connectivity index (χ0n) is 5.35. The predicted octanol–water partition coefficient (Wildman–Crippen LogP) is 1.36. The summed E-state index contributed by atoms with van der Waals surface area (Å²) in [6.07, 6.45) is 3.48. The van der Waals surface area contributed by atoms with E-state index in [0.717, 1.165) is 0 Å². The highest BCUT2D eigenvalue weighted by Gasteiger charge is 1.91. The third-order valence-corrected chi connectivity index (χ3v) is 1.27. The standard InChI is InChI=1S/C6H10N2S/c1-3-5(4-9-2)6(7)8/h3-4H,1H2,2H3,(H3,7,8)/b5-4+. The lowest BCUT2D eigenvalue weighted by Crippen LogP contribution is -2.10. The second-order valence-electron chi connectivity index (χ2n) is 1.43. The first kappa shape index (κ1) is 8.30. The van der Waals surface area contributed by atoms with Gasteiger partial charge in [-0.1, -0.05) is 12.7 Å². The van der Waals surface area contributed by atoms with Gasteiger partial charge < -0.3 is 5.73 Å². The van der Waals surface area contributed by atoms with Gasteiger partial charge in [-0.25, -0.2) is 0 Å². The third kappa shape index (κ3) is 2.98. The molecule has 0 heterocycles. The number of thioether (sulfide) groups is 1. The summed E-state index contributed by atoms with van der Waals surface area (Å²) in [7, 11) is 0. The molecule has 0 atom stereocenters. The first-order valence-electron chi connectivity index (χ1n) is 2.42. The van der Waals surface area contributed by atoms with Crippen molar-refractivity contribution in [2.24, 2.45) is 5.73 Å². The number of nitrogens with one attached hydrogen (secondary N) is 1. The van der Waals surface area contributed by atoms with Gasteiger partial charge in [-0.2, -0.15) is 0 Å². The Labute approximate surface area is 59.3 Å². The molecule has 0 unspecified atom stereocenters. The minimum Gasteiger partial charge on any atom is -0.384 e. The second kappa shape index (κ2) is 4.21. The third-order valence-electron chi connectivity index (χ3n) is 0.776. The van der Waals surface area contributed by atoms with Crippen LogP contribution in [0.4, 0.5) is 0 Å². The van der Waals surface area contributed by atoms with Crippen molar-refractivity contribution in [3.63, 3.8) is 0 Å². The molecule has 0 aliphatic rings. The van der Waals surface area contributed by atoms with E-state index in [2.05, 4.69) is 6.58 Å². The average Bonchev–Trinajstić information content (AvgIpc) is 1.82. The normalized spacial score (nSPS) is 11.0. The van der Waals surface area contributed by atoms with Crippen molar-refractivity contribution >= 4 is 17.6 Å². The summed E-state index contributed by atoms with van der Waals surface area (Å²) >= 11 is 1.51. The van der Waals surface area contributed by atoms with Crippen LogP contribution in [0.15, 0.2) is 23.6 Å². The Kier molecular flexibility index (Phi) is 3.88. The lowest BCUT2D eigenvalue weighted by Gasteiger charge is -1.94. The highest BCUT2D eigenvalue weighted by Crippen LogP contribution is 2.02. The van der Waals surface area contributed by atoms with Crippen molar-refractivity contribution in [3.8, 4) is 0 Å². The van der Waals surface area contributed by atoms with Crippen LogP contribution in [0.1, 0.15) is 0 Å². The van der Waals surface area contributed by atoms with Crippen molar-refractivity contribution in [2.75, 3.05) is 6.26 Å². The topological polar surface area (TPSA) is 49.9 Å². The summed E-state index contributed by atoms with van der Waals surface area (Å²) in [6, 6.07) is 0. The van der Waals surface area contributed by atoms with Gasteiger partial charge in [0.15, 0.2) is 0 Å². The van der Waals surface area contributed by atoms with E-state index in [9.17, 15) is 0 Å². The van der Waals surface area contributed by atoms with Crippen LogP contribution in [0.25, 0.3) is 0 Å². The van der Waals surface area contributed by atoms with Crippen LogP contribution in [0.3, 0.4) is 0 Å². The first-order chi connectivity index (χ1) is 4.22. The van der Waals surface area contributed by atoms with Gasteiger partial charge in [-0.05, 0) is 11.7 Å². The number of amidine groups is 1. The number of nitrogens with two attached hydrogens (primary N) is 1. The molecule has 0 saturated heterocycles. The first-order valence-corrected chi connectivity index (χ1v) is 3.71. The quantitative estimate of drug-likeness (QED) is 0.355. The van der Waals surface area contributed by atoms with E-state index < -0.39 is 0 Å². The molecule has 0 aromatic heterocycles. The van der Waals surface area contributed by atoms with Gasteiger partial charge in [-0.3, -0.25) is 5.41 Å². The molecular formula is C6H10N2S. The average molecular weight is 142 g/mol. The molecule has 2 nitrogen and oxygen atoms in total. The molecule has 0 radical (unpaired) electrons. The van der Waals surface area contributed by atoms with E-state index in [-0.39, 0.29) is 5.84 Å². The van der Waals surface area contributed by atoms with E-state index in [0.29, 0.717) is 5.57 Å². The van der Waals surface area contributed by atoms with Gasteiger partial charge in [-0.15, -0.1) is 11.8 Å². The van der Waals surface area contributed by atoms with E-state index in [1.54, 1.807) is 11.5 Å². The minimum absolute atomic E-state index is 0.0688. The van der Waals surface area contributed by atoms with Gasteiger partial charge in [0, 0.05) is 5.57 Å². The predicted molar refractivity (Wildman–Crippen MR) is 43.7 cm³/mol. The second-order valence-corrected chi connectivity index (χ2v) is 2.13. The molecule has 9 heavy (non-hydrogen) atoms. The largest absolute Gasteiger partial charge is 0.384 e. The maximum absolute atomic E-state index is 6.98. The monoisotopic (exact) mass is 142 g/mol. The molecule has 3 heteroatoms. The van der Waals surface area contributed by atoms with Crippen molar-refractivity contribution in [1.82, 2.24) is 0 Å². The fourth-order valence-corrected chi connectivity index (χ4v) is 0.826. The van der Waals surface area contributed by atoms with Crippen LogP contribution in [-0.2, 0) is 0 Å². The smallest absolute Gasteiger partial charge is 0.123 e. The molecule has 50 valence electrons. The summed E-state index contributed by atoms with van der Waals surface area (Å²) < 4.78 is 0. The fourth-order valence-electron chi connectivity index (χ4n) is 0.349. The maximum atomic E-state index is 6.98.